The molecule has 0 heterocycles. The summed E-state index contributed by atoms with van der Waals surface area (Å²) in [6, 6.07) is 9.40. The molecule has 1 N–H and O–H groups in total. The monoisotopic (exact) mass is 289 g/mol. The molecule has 0 saturated heterocycles. The topological polar surface area (TPSA) is 46.2 Å². The van der Waals surface area contributed by atoms with Gasteiger partial charge in [-0.15, -0.1) is 11.6 Å². The molecule has 1 atom stereocenters. The minimum Gasteiger partial charge on any atom is -0.212 e. The maximum atomic E-state index is 12.0. The minimum absolute atomic E-state index is 0.142. The zero-order valence-corrected chi connectivity index (χ0v) is 12.4. The molecule has 102 valence electrons. The van der Waals surface area contributed by atoms with Gasteiger partial charge >= 0.3 is 0 Å². The lowest BCUT2D eigenvalue weighted by molar-refractivity contribution is 0.476. The maximum Gasteiger partial charge on any atom is 0.212 e. The maximum absolute atomic E-state index is 12.0. The van der Waals surface area contributed by atoms with Crippen LogP contribution in [0.25, 0.3) is 0 Å². The lowest BCUT2D eigenvalue weighted by Crippen LogP contribution is -2.45. The van der Waals surface area contributed by atoms with Gasteiger partial charge in [0.05, 0.1) is 11.3 Å². The van der Waals surface area contributed by atoms with Gasteiger partial charge in [-0.1, -0.05) is 43.7 Å². The van der Waals surface area contributed by atoms with Crippen molar-refractivity contribution in [3.63, 3.8) is 0 Å². The smallest absolute Gasteiger partial charge is 0.212 e. The first-order chi connectivity index (χ1) is 8.43. The molecule has 1 unspecified atom stereocenters. The highest BCUT2D eigenvalue weighted by molar-refractivity contribution is 7.89. The largest absolute Gasteiger partial charge is 0.212 e. The number of benzene rings is 1. The van der Waals surface area contributed by atoms with Crippen LogP contribution >= 0.6 is 11.6 Å². The van der Waals surface area contributed by atoms with Gasteiger partial charge in [-0.05, 0) is 18.9 Å². The molecule has 0 fully saturated rings. The number of hydrogen-bond donors (Lipinski definition) is 1. The fourth-order valence-corrected chi connectivity index (χ4v) is 3.65. The molecular weight excluding hydrogens is 270 g/mol. The van der Waals surface area contributed by atoms with Crippen molar-refractivity contribution in [2.24, 2.45) is 0 Å². The van der Waals surface area contributed by atoms with Crippen molar-refractivity contribution < 1.29 is 8.42 Å². The van der Waals surface area contributed by atoms with Crippen molar-refractivity contribution in [1.82, 2.24) is 4.72 Å². The third-order valence-corrected chi connectivity index (χ3v) is 4.95. The van der Waals surface area contributed by atoms with Gasteiger partial charge in [-0.2, -0.15) is 0 Å². The molecule has 5 heteroatoms. The molecule has 0 radical (unpaired) electrons. The first-order valence-corrected chi connectivity index (χ1v) is 8.25. The van der Waals surface area contributed by atoms with Crippen molar-refractivity contribution in [3.05, 3.63) is 35.9 Å². The standard InChI is InChI=1S/C13H20ClNO2S/c1-3-4-10-18(16,17)15-13(2,11-14)12-8-6-5-7-9-12/h5-9,15H,3-4,10-11H2,1-2H3. The summed E-state index contributed by atoms with van der Waals surface area (Å²) in [5, 5.41) is 0. The molecule has 0 spiro atoms. The van der Waals surface area contributed by atoms with E-state index < -0.39 is 15.6 Å². The van der Waals surface area contributed by atoms with Gasteiger partial charge in [0.15, 0.2) is 0 Å². The Morgan fingerprint density at radius 1 is 1.28 bits per heavy atom. The zero-order chi connectivity index (χ0) is 13.6. The van der Waals surface area contributed by atoms with Crippen LogP contribution in [0, 0.1) is 0 Å². The Kier molecular flexibility index (Phi) is 5.63. The van der Waals surface area contributed by atoms with E-state index in [1.165, 1.54) is 0 Å². The van der Waals surface area contributed by atoms with E-state index in [4.69, 9.17) is 11.6 Å². The van der Waals surface area contributed by atoms with E-state index in [9.17, 15) is 8.42 Å². The van der Waals surface area contributed by atoms with Gasteiger partial charge in [0, 0.05) is 5.88 Å². The van der Waals surface area contributed by atoms with E-state index in [0.29, 0.717) is 6.42 Å². The van der Waals surface area contributed by atoms with E-state index in [1.54, 1.807) is 6.92 Å². The first-order valence-electron chi connectivity index (χ1n) is 6.06. The van der Waals surface area contributed by atoms with Crippen molar-refractivity contribution in [1.29, 1.82) is 0 Å². The summed E-state index contributed by atoms with van der Waals surface area (Å²) >= 11 is 5.96. The zero-order valence-electron chi connectivity index (χ0n) is 10.8. The number of alkyl halides is 1. The second kappa shape index (κ2) is 6.55. The van der Waals surface area contributed by atoms with Gasteiger partial charge in [0.1, 0.15) is 0 Å². The third-order valence-electron chi connectivity index (χ3n) is 2.83. The van der Waals surface area contributed by atoms with E-state index >= 15 is 0 Å². The summed E-state index contributed by atoms with van der Waals surface area (Å²) in [4.78, 5) is 0. The lowest BCUT2D eigenvalue weighted by atomic mass is 9.96. The molecule has 0 saturated carbocycles. The summed E-state index contributed by atoms with van der Waals surface area (Å²) in [7, 11) is -3.30. The molecule has 0 bridgehead atoms. The van der Waals surface area contributed by atoms with Gasteiger partial charge in [-0.3, -0.25) is 0 Å². The first kappa shape index (κ1) is 15.5. The van der Waals surface area contributed by atoms with Crippen LogP contribution in [0.5, 0.6) is 0 Å². The van der Waals surface area contributed by atoms with E-state index in [1.807, 2.05) is 37.3 Å². The number of nitrogens with one attached hydrogen (secondary N) is 1. The van der Waals surface area contributed by atoms with Crippen LogP contribution in [0.2, 0.25) is 0 Å². The molecule has 3 nitrogen and oxygen atoms in total. The fraction of sp³-hybridized carbons (Fsp3) is 0.538. The molecule has 1 rings (SSSR count). The molecule has 0 aliphatic carbocycles. The Morgan fingerprint density at radius 3 is 2.39 bits per heavy atom. The highest BCUT2D eigenvalue weighted by Crippen LogP contribution is 2.23. The Labute approximate surface area is 115 Å². The summed E-state index contributed by atoms with van der Waals surface area (Å²) in [5.41, 5.74) is 0.120. The van der Waals surface area contributed by atoms with Crippen LogP contribution in [0.1, 0.15) is 32.3 Å². The highest BCUT2D eigenvalue weighted by Gasteiger charge is 2.30. The molecule has 0 aromatic heterocycles. The molecular formula is C13H20ClNO2S. The van der Waals surface area contributed by atoms with Crippen LogP contribution in [-0.2, 0) is 15.6 Å². The van der Waals surface area contributed by atoms with Crippen LogP contribution in [0.4, 0.5) is 0 Å². The minimum atomic E-state index is -3.30. The van der Waals surface area contributed by atoms with Crippen LogP contribution in [0.15, 0.2) is 30.3 Å². The number of sulfonamides is 1. The highest BCUT2D eigenvalue weighted by atomic mass is 35.5. The van der Waals surface area contributed by atoms with Crippen molar-refractivity contribution in [2.45, 2.75) is 32.2 Å². The Bertz CT molecular complexity index is 461. The molecule has 0 aliphatic heterocycles. The Balaban J connectivity index is 2.90. The number of halogens is 1. The summed E-state index contributed by atoms with van der Waals surface area (Å²) in [6.45, 7) is 3.77. The van der Waals surface area contributed by atoms with Crippen LogP contribution in [-0.4, -0.2) is 20.1 Å². The molecule has 1 aromatic carbocycles. The molecule has 0 aliphatic rings. The van der Waals surface area contributed by atoms with Crippen LogP contribution in [0.3, 0.4) is 0 Å². The van der Waals surface area contributed by atoms with Crippen LogP contribution < -0.4 is 4.72 Å². The molecule has 1 aromatic rings. The second-order valence-electron chi connectivity index (χ2n) is 4.61. The van der Waals surface area contributed by atoms with E-state index in [-0.39, 0.29) is 11.6 Å². The number of unbranched alkanes of at least 4 members (excludes halogenated alkanes) is 1. The third kappa shape index (κ3) is 4.26. The molecule has 18 heavy (non-hydrogen) atoms. The average molecular weight is 290 g/mol. The van der Waals surface area contributed by atoms with E-state index in [0.717, 1.165) is 12.0 Å². The van der Waals surface area contributed by atoms with Gasteiger partial charge in [-0.25, -0.2) is 13.1 Å². The summed E-state index contributed by atoms with van der Waals surface area (Å²) < 4.78 is 26.6. The quantitative estimate of drug-likeness (QED) is 0.785. The number of hydrogen-bond acceptors (Lipinski definition) is 2. The van der Waals surface area contributed by atoms with Gasteiger partial charge < -0.3 is 0 Å². The summed E-state index contributed by atoms with van der Waals surface area (Å²) in [6.07, 6.45) is 1.51. The SMILES string of the molecule is CCCCS(=O)(=O)NC(C)(CCl)c1ccccc1. The van der Waals surface area contributed by atoms with Crippen molar-refractivity contribution >= 4 is 21.6 Å². The second-order valence-corrected chi connectivity index (χ2v) is 6.72. The van der Waals surface area contributed by atoms with E-state index in [2.05, 4.69) is 4.72 Å². The predicted molar refractivity (Wildman–Crippen MR) is 76.3 cm³/mol. The molecule has 0 amide bonds. The predicted octanol–water partition coefficient (Wildman–Crippen LogP) is 2.86. The Hall–Kier alpha value is -0.580. The van der Waals surface area contributed by atoms with Gasteiger partial charge in [0.2, 0.25) is 10.0 Å². The van der Waals surface area contributed by atoms with Gasteiger partial charge in [0.25, 0.3) is 0 Å². The average Bonchev–Trinajstić information content (AvgIpc) is 2.37. The van der Waals surface area contributed by atoms with Crippen molar-refractivity contribution in [3.8, 4) is 0 Å². The lowest BCUT2D eigenvalue weighted by Gasteiger charge is -2.28. The summed E-state index contributed by atoms with van der Waals surface area (Å²) in [5.74, 6) is 0.338. The Morgan fingerprint density at radius 2 is 1.89 bits per heavy atom. The van der Waals surface area contributed by atoms with Crippen molar-refractivity contribution in [2.75, 3.05) is 11.6 Å². The number of rotatable bonds is 7. The normalized spacial score (nSPS) is 15.3. The fourth-order valence-electron chi connectivity index (χ4n) is 1.70.